The van der Waals surface area contributed by atoms with E-state index >= 15 is 0 Å². The second-order valence-electron chi connectivity index (χ2n) is 3.38. The number of rotatable bonds is 1. The first-order valence-corrected chi connectivity index (χ1v) is 5.62. The number of fused-ring (bicyclic) bond motifs is 1. The summed E-state index contributed by atoms with van der Waals surface area (Å²) in [5.74, 6) is 0. The molecule has 0 saturated carbocycles. The lowest BCUT2D eigenvalue weighted by Crippen LogP contribution is -1.96. The number of para-hydroxylation sites is 1. The van der Waals surface area contributed by atoms with Crippen molar-refractivity contribution in [2.45, 2.75) is 0 Å². The van der Waals surface area contributed by atoms with Crippen LogP contribution in [0.5, 0.6) is 0 Å². The van der Waals surface area contributed by atoms with Gasteiger partial charge in [-0.25, -0.2) is 4.68 Å². The van der Waals surface area contributed by atoms with Crippen molar-refractivity contribution in [3.63, 3.8) is 0 Å². The third kappa shape index (κ3) is 1.51. The quantitative estimate of drug-likeness (QED) is 0.682. The van der Waals surface area contributed by atoms with Crippen molar-refractivity contribution in [2.24, 2.45) is 0 Å². The highest BCUT2D eigenvalue weighted by Crippen LogP contribution is 2.18. The Balaban J connectivity index is 2.26. The first-order chi connectivity index (χ1) is 7.84. The second kappa shape index (κ2) is 3.72. The summed E-state index contributed by atoms with van der Waals surface area (Å²) in [4.78, 5) is 0. The van der Waals surface area contributed by atoms with Gasteiger partial charge in [0.05, 0.1) is 11.2 Å². The van der Waals surface area contributed by atoms with Crippen LogP contribution in [0.4, 0.5) is 0 Å². The number of hydrogen-bond donors (Lipinski definition) is 0. The van der Waals surface area contributed by atoms with Crippen molar-refractivity contribution in [1.29, 1.82) is 0 Å². The molecule has 0 aliphatic rings. The molecule has 1 radical (unpaired) electrons. The number of aromatic nitrogens is 3. The highest BCUT2D eigenvalue weighted by atomic mass is 79.9. The van der Waals surface area contributed by atoms with Crippen LogP contribution in [0.3, 0.4) is 0 Å². The lowest BCUT2D eigenvalue weighted by atomic mass is 10.3. The van der Waals surface area contributed by atoms with Crippen LogP contribution in [0.2, 0.25) is 0 Å². The van der Waals surface area contributed by atoms with Crippen molar-refractivity contribution < 1.29 is 0 Å². The van der Waals surface area contributed by atoms with Gasteiger partial charge in [0.15, 0.2) is 0 Å². The van der Waals surface area contributed by atoms with E-state index in [-0.39, 0.29) is 0 Å². The Labute approximate surface area is 101 Å². The molecule has 1 aromatic heterocycles. The summed E-state index contributed by atoms with van der Waals surface area (Å²) >= 11 is 3.43. The van der Waals surface area contributed by atoms with Crippen LogP contribution in [0.25, 0.3) is 16.7 Å². The van der Waals surface area contributed by atoms with E-state index in [1.807, 2.05) is 42.5 Å². The predicted molar refractivity (Wildman–Crippen MR) is 65.4 cm³/mol. The summed E-state index contributed by atoms with van der Waals surface area (Å²) in [6, 6.07) is 16.7. The van der Waals surface area contributed by atoms with E-state index in [2.05, 4.69) is 32.3 Å². The van der Waals surface area contributed by atoms with Gasteiger partial charge in [0.1, 0.15) is 5.52 Å². The number of hydrogen-bond acceptors (Lipinski definition) is 2. The molecule has 0 saturated heterocycles. The maximum Gasteiger partial charge on any atom is 0.113 e. The standard InChI is InChI=1S/C12H7BrN3/c13-9-4-3-5-10(8-9)16-12-7-2-1-6-11(12)14-15-16/h1-4,6-8H. The number of nitrogens with zero attached hydrogens (tertiary/aromatic N) is 3. The fraction of sp³-hybridized carbons (Fsp3) is 0. The molecule has 4 heteroatoms. The third-order valence-corrected chi connectivity index (χ3v) is 2.82. The largest absolute Gasteiger partial charge is 0.212 e. The average molecular weight is 273 g/mol. The second-order valence-corrected chi connectivity index (χ2v) is 4.30. The number of benzene rings is 2. The Kier molecular flexibility index (Phi) is 2.22. The van der Waals surface area contributed by atoms with E-state index in [0.29, 0.717) is 0 Å². The molecular formula is C12H7BrN3. The van der Waals surface area contributed by atoms with E-state index in [1.54, 1.807) is 4.68 Å². The summed E-state index contributed by atoms with van der Waals surface area (Å²) in [5.41, 5.74) is 2.75. The van der Waals surface area contributed by atoms with Gasteiger partial charge < -0.3 is 0 Å². The molecule has 3 rings (SSSR count). The van der Waals surface area contributed by atoms with Gasteiger partial charge in [-0.3, -0.25) is 0 Å². The molecule has 3 aromatic rings. The Morgan fingerprint density at radius 2 is 2.06 bits per heavy atom. The maximum atomic E-state index is 4.12. The summed E-state index contributed by atoms with van der Waals surface area (Å²) in [7, 11) is 0. The maximum absolute atomic E-state index is 4.12. The molecule has 0 N–H and O–H groups in total. The fourth-order valence-electron chi connectivity index (χ4n) is 1.60. The molecule has 16 heavy (non-hydrogen) atoms. The smallest absolute Gasteiger partial charge is 0.113 e. The minimum atomic E-state index is 0.878. The van der Waals surface area contributed by atoms with Crippen molar-refractivity contribution >= 4 is 27.0 Å². The van der Waals surface area contributed by atoms with Crippen LogP contribution in [-0.4, -0.2) is 15.0 Å². The minimum Gasteiger partial charge on any atom is -0.212 e. The van der Waals surface area contributed by atoms with E-state index < -0.39 is 0 Å². The predicted octanol–water partition coefficient (Wildman–Crippen LogP) is 2.98. The molecule has 0 bridgehead atoms. The molecule has 0 aliphatic carbocycles. The van der Waals surface area contributed by atoms with Crippen molar-refractivity contribution in [3.05, 3.63) is 53.0 Å². The van der Waals surface area contributed by atoms with Gasteiger partial charge >= 0.3 is 0 Å². The lowest BCUT2D eigenvalue weighted by Gasteiger charge is -2.01. The van der Waals surface area contributed by atoms with Crippen LogP contribution in [0.1, 0.15) is 0 Å². The van der Waals surface area contributed by atoms with Crippen LogP contribution in [0.15, 0.2) is 46.9 Å². The van der Waals surface area contributed by atoms with Crippen molar-refractivity contribution in [2.75, 3.05) is 0 Å². The van der Waals surface area contributed by atoms with Crippen molar-refractivity contribution in [3.8, 4) is 5.69 Å². The molecule has 2 aromatic carbocycles. The van der Waals surface area contributed by atoms with E-state index in [4.69, 9.17) is 0 Å². The first-order valence-electron chi connectivity index (χ1n) is 4.83. The van der Waals surface area contributed by atoms with Gasteiger partial charge in [0.25, 0.3) is 0 Å². The molecule has 3 nitrogen and oxygen atoms in total. The van der Waals surface area contributed by atoms with E-state index in [9.17, 15) is 0 Å². The molecule has 77 valence electrons. The van der Waals surface area contributed by atoms with Gasteiger partial charge in [-0.05, 0) is 24.3 Å². The Bertz CT molecular complexity index is 645. The van der Waals surface area contributed by atoms with Crippen LogP contribution >= 0.6 is 15.9 Å². The highest BCUT2D eigenvalue weighted by Gasteiger charge is 2.05. The average Bonchev–Trinajstić information content (AvgIpc) is 2.72. The molecule has 0 atom stereocenters. The van der Waals surface area contributed by atoms with Crippen LogP contribution < -0.4 is 0 Å². The molecule has 0 unspecified atom stereocenters. The minimum absolute atomic E-state index is 0.878. The summed E-state index contributed by atoms with van der Waals surface area (Å²) in [5, 5.41) is 8.22. The molecule has 1 heterocycles. The van der Waals surface area contributed by atoms with Crippen LogP contribution in [0, 0.1) is 6.07 Å². The van der Waals surface area contributed by atoms with Crippen LogP contribution in [-0.2, 0) is 0 Å². The van der Waals surface area contributed by atoms with E-state index in [1.165, 1.54) is 0 Å². The van der Waals surface area contributed by atoms with Gasteiger partial charge in [0.2, 0.25) is 0 Å². The zero-order valence-electron chi connectivity index (χ0n) is 8.26. The van der Waals surface area contributed by atoms with Gasteiger partial charge in [0, 0.05) is 10.5 Å². The molecule has 0 spiro atoms. The zero-order valence-corrected chi connectivity index (χ0v) is 9.85. The fourth-order valence-corrected chi connectivity index (χ4v) is 1.95. The summed E-state index contributed by atoms with van der Waals surface area (Å²) in [6.07, 6.45) is 0. The van der Waals surface area contributed by atoms with E-state index in [0.717, 1.165) is 21.2 Å². The molecular weight excluding hydrogens is 266 g/mol. The molecule has 0 aliphatic heterocycles. The lowest BCUT2D eigenvalue weighted by molar-refractivity contribution is 0.822. The van der Waals surface area contributed by atoms with Gasteiger partial charge in [-0.15, -0.1) is 5.10 Å². The van der Waals surface area contributed by atoms with Gasteiger partial charge in [-0.2, -0.15) is 0 Å². The molecule has 0 fully saturated rings. The normalized spacial score (nSPS) is 10.8. The summed E-state index contributed by atoms with van der Waals surface area (Å²) in [6.45, 7) is 0. The topological polar surface area (TPSA) is 30.7 Å². The van der Waals surface area contributed by atoms with Crippen molar-refractivity contribution in [1.82, 2.24) is 15.0 Å². The highest BCUT2D eigenvalue weighted by molar-refractivity contribution is 9.10. The monoisotopic (exact) mass is 272 g/mol. The molecule has 0 amide bonds. The summed E-state index contributed by atoms with van der Waals surface area (Å²) < 4.78 is 2.78. The number of halogens is 1. The SMILES string of the molecule is Brc1cc[c]c(-n2nnc3ccccc32)c1. The Hall–Kier alpha value is -1.68. The Morgan fingerprint density at radius 1 is 1.19 bits per heavy atom. The Morgan fingerprint density at radius 3 is 2.94 bits per heavy atom. The zero-order chi connectivity index (χ0) is 11.0. The first kappa shape index (κ1) is 9.54. The van der Waals surface area contributed by atoms with Gasteiger partial charge in [-0.1, -0.05) is 39.3 Å². The third-order valence-electron chi connectivity index (χ3n) is 2.33.